The molecule has 1 aromatic carbocycles. The Balaban J connectivity index is 3.21. The van der Waals surface area contributed by atoms with Gasteiger partial charge in [-0.25, -0.2) is 8.78 Å². The number of hydrogen-bond acceptors (Lipinski definition) is 4. The Morgan fingerprint density at radius 1 is 1.52 bits per heavy atom. The minimum Gasteiger partial charge on any atom is -0.490 e. The molecule has 0 saturated carbocycles. The summed E-state index contributed by atoms with van der Waals surface area (Å²) in [6, 6.07) is 3.73. The summed E-state index contributed by atoms with van der Waals surface area (Å²) in [6.07, 6.45) is -2.73. The molecule has 9 heteroatoms. The number of carbonyl (C=O) groups is 1. The van der Waals surface area contributed by atoms with E-state index < -0.39 is 29.5 Å². The first-order chi connectivity index (χ1) is 9.92. The third-order valence-corrected chi connectivity index (χ3v) is 2.79. The molecule has 0 saturated heterocycles. The van der Waals surface area contributed by atoms with Crippen LogP contribution < -0.4 is 4.74 Å². The Morgan fingerprint density at radius 3 is 2.67 bits per heavy atom. The summed E-state index contributed by atoms with van der Waals surface area (Å²) in [5.74, 6) is -1.09. The topological polar surface area (TPSA) is 72.7 Å². The van der Waals surface area contributed by atoms with Gasteiger partial charge in [-0.3, -0.25) is 14.9 Å². The van der Waals surface area contributed by atoms with Crippen LogP contribution in [0.1, 0.15) is 10.4 Å². The van der Waals surface area contributed by atoms with E-state index in [1.165, 1.54) is 12.1 Å². The maximum atomic E-state index is 12.5. The van der Waals surface area contributed by atoms with Gasteiger partial charge >= 0.3 is 5.69 Å². The fourth-order valence-electron chi connectivity index (χ4n) is 1.77. The van der Waals surface area contributed by atoms with Crippen molar-refractivity contribution in [1.29, 1.82) is 0 Å². The van der Waals surface area contributed by atoms with Crippen molar-refractivity contribution in [3.05, 3.63) is 33.9 Å². The van der Waals surface area contributed by atoms with Crippen LogP contribution in [-0.4, -0.2) is 48.2 Å². The number of carbonyl (C=O) groups excluding carboxylic acids is 1. The second-order valence-electron chi connectivity index (χ2n) is 3.95. The van der Waals surface area contributed by atoms with Crippen molar-refractivity contribution in [2.45, 2.75) is 6.43 Å². The van der Waals surface area contributed by atoms with E-state index in [0.29, 0.717) is 0 Å². The third-order valence-electron chi connectivity index (χ3n) is 2.63. The van der Waals surface area contributed by atoms with Crippen molar-refractivity contribution in [3.8, 4) is 5.75 Å². The number of nitro benzene ring substituents is 1. The van der Waals surface area contributed by atoms with E-state index in [9.17, 15) is 23.7 Å². The molecular weight excluding hydrogens is 310 g/mol. The molecule has 0 fully saturated rings. The second-order valence-corrected chi connectivity index (χ2v) is 4.32. The highest BCUT2D eigenvalue weighted by molar-refractivity contribution is 6.18. The van der Waals surface area contributed by atoms with Gasteiger partial charge in [-0.05, 0) is 6.07 Å². The highest BCUT2D eigenvalue weighted by atomic mass is 35.5. The highest BCUT2D eigenvalue weighted by Crippen LogP contribution is 2.31. The summed E-state index contributed by atoms with van der Waals surface area (Å²) >= 11 is 5.49. The van der Waals surface area contributed by atoms with E-state index in [1.54, 1.807) is 0 Å². The quantitative estimate of drug-likeness (QED) is 0.439. The smallest absolute Gasteiger partial charge is 0.311 e. The maximum Gasteiger partial charge on any atom is 0.311 e. The van der Waals surface area contributed by atoms with Gasteiger partial charge in [0.15, 0.2) is 0 Å². The van der Waals surface area contributed by atoms with Gasteiger partial charge in [0.05, 0.1) is 24.1 Å². The normalized spacial score (nSPS) is 10.5. The average molecular weight is 323 g/mol. The lowest BCUT2D eigenvalue weighted by atomic mass is 10.1. The molecule has 1 amide bonds. The van der Waals surface area contributed by atoms with E-state index in [1.807, 2.05) is 0 Å². The number of benzene rings is 1. The number of halogens is 3. The Kier molecular flexibility index (Phi) is 6.29. The number of nitrogens with zero attached hydrogens (tertiary/aromatic N) is 2. The molecule has 1 rings (SSSR count). The first-order valence-corrected chi connectivity index (χ1v) is 6.40. The number of alkyl halides is 3. The highest BCUT2D eigenvalue weighted by Gasteiger charge is 2.27. The van der Waals surface area contributed by atoms with Crippen molar-refractivity contribution in [3.63, 3.8) is 0 Å². The lowest BCUT2D eigenvalue weighted by Crippen LogP contribution is -2.36. The molecule has 0 unspecified atom stereocenters. The molecular formula is C12H13ClF2N2O4. The summed E-state index contributed by atoms with van der Waals surface area (Å²) in [4.78, 5) is 23.3. The minimum atomic E-state index is -2.73. The molecule has 0 heterocycles. The van der Waals surface area contributed by atoms with Crippen molar-refractivity contribution >= 4 is 23.2 Å². The number of amides is 1. The van der Waals surface area contributed by atoms with Gasteiger partial charge in [-0.1, -0.05) is 6.07 Å². The number of methoxy groups -OCH3 is 1. The van der Waals surface area contributed by atoms with Gasteiger partial charge in [0.1, 0.15) is 0 Å². The molecule has 0 aliphatic carbocycles. The summed E-state index contributed by atoms with van der Waals surface area (Å²) in [6.45, 7) is -0.909. The Morgan fingerprint density at radius 2 is 2.19 bits per heavy atom. The fourth-order valence-corrected chi connectivity index (χ4v) is 1.97. The summed E-state index contributed by atoms with van der Waals surface area (Å²) in [7, 11) is 1.16. The van der Waals surface area contributed by atoms with Gasteiger partial charge < -0.3 is 9.64 Å². The van der Waals surface area contributed by atoms with Crippen molar-refractivity contribution in [2.24, 2.45) is 0 Å². The van der Waals surface area contributed by atoms with E-state index in [4.69, 9.17) is 16.3 Å². The van der Waals surface area contributed by atoms with E-state index in [-0.39, 0.29) is 23.7 Å². The monoisotopic (exact) mass is 322 g/mol. The molecule has 0 aromatic heterocycles. The van der Waals surface area contributed by atoms with Gasteiger partial charge in [-0.15, -0.1) is 11.6 Å². The predicted molar refractivity (Wildman–Crippen MR) is 72.3 cm³/mol. The number of ether oxygens (including phenoxy) is 1. The van der Waals surface area contributed by atoms with Crippen molar-refractivity contribution in [1.82, 2.24) is 4.90 Å². The zero-order valence-corrected chi connectivity index (χ0v) is 11.8. The zero-order chi connectivity index (χ0) is 16.0. The van der Waals surface area contributed by atoms with E-state index >= 15 is 0 Å². The molecule has 0 bridgehead atoms. The predicted octanol–water partition coefficient (Wildman–Crippen LogP) is 2.55. The zero-order valence-electron chi connectivity index (χ0n) is 11.1. The van der Waals surface area contributed by atoms with Crippen molar-refractivity contribution < 1.29 is 23.2 Å². The molecule has 6 nitrogen and oxygen atoms in total. The molecule has 0 atom stereocenters. The average Bonchev–Trinajstić information content (AvgIpc) is 2.44. The first kappa shape index (κ1) is 17.1. The third kappa shape index (κ3) is 4.25. The van der Waals surface area contributed by atoms with Crippen LogP contribution in [0.15, 0.2) is 18.2 Å². The van der Waals surface area contributed by atoms with Gasteiger partial charge in [-0.2, -0.15) is 0 Å². The molecule has 21 heavy (non-hydrogen) atoms. The lowest BCUT2D eigenvalue weighted by molar-refractivity contribution is -0.385. The Bertz CT molecular complexity index is 528. The maximum absolute atomic E-state index is 12.5. The standard InChI is InChI=1S/C12H13ClF2N2O4/c1-21-11-8(3-2-4-9(11)17(19)20)12(18)16(6-5-13)7-10(14)15/h2-4,10H,5-7H2,1H3. The number of rotatable bonds is 7. The van der Waals surface area contributed by atoms with Crippen LogP contribution in [0.4, 0.5) is 14.5 Å². The van der Waals surface area contributed by atoms with Crippen LogP contribution in [0.2, 0.25) is 0 Å². The van der Waals surface area contributed by atoms with Crippen LogP contribution >= 0.6 is 11.6 Å². The minimum absolute atomic E-state index is 0.0320. The molecule has 116 valence electrons. The number of para-hydroxylation sites is 1. The van der Waals surface area contributed by atoms with Crippen LogP contribution in [0, 0.1) is 10.1 Å². The molecule has 0 spiro atoms. The van der Waals surface area contributed by atoms with Crippen LogP contribution in [-0.2, 0) is 0 Å². The Hall–Kier alpha value is -1.96. The van der Waals surface area contributed by atoms with E-state index in [0.717, 1.165) is 18.1 Å². The largest absolute Gasteiger partial charge is 0.490 e. The van der Waals surface area contributed by atoms with Crippen LogP contribution in [0.25, 0.3) is 0 Å². The van der Waals surface area contributed by atoms with Gasteiger partial charge in [0.25, 0.3) is 12.3 Å². The molecule has 0 aliphatic rings. The first-order valence-electron chi connectivity index (χ1n) is 5.87. The van der Waals surface area contributed by atoms with Gasteiger partial charge in [0.2, 0.25) is 5.75 Å². The summed E-state index contributed by atoms with van der Waals surface area (Å²) < 4.78 is 29.9. The van der Waals surface area contributed by atoms with E-state index in [2.05, 4.69) is 0 Å². The summed E-state index contributed by atoms with van der Waals surface area (Å²) in [5, 5.41) is 10.9. The Labute approximate surface area is 124 Å². The molecule has 1 aromatic rings. The van der Waals surface area contributed by atoms with Crippen LogP contribution in [0.3, 0.4) is 0 Å². The fraction of sp³-hybridized carbons (Fsp3) is 0.417. The summed E-state index contributed by atoms with van der Waals surface area (Å²) in [5.41, 5.74) is -0.566. The van der Waals surface area contributed by atoms with Crippen molar-refractivity contribution in [2.75, 3.05) is 26.1 Å². The lowest BCUT2D eigenvalue weighted by Gasteiger charge is -2.22. The molecule has 0 aliphatic heterocycles. The molecule has 0 N–H and O–H groups in total. The van der Waals surface area contributed by atoms with Gasteiger partial charge in [0, 0.05) is 18.5 Å². The molecule has 0 radical (unpaired) electrons. The number of hydrogen-bond donors (Lipinski definition) is 0. The SMILES string of the molecule is COc1c(C(=O)N(CCCl)CC(F)F)cccc1[N+](=O)[O-]. The second kappa shape index (κ2) is 7.72. The van der Waals surface area contributed by atoms with Crippen LogP contribution in [0.5, 0.6) is 5.75 Å². The number of nitro groups is 1.